The smallest absolute Gasteiger partial charge is 0.261 e. The number of carbonyl (C=O) groups excluding carboxylic acids is 1. The van der Waals surface area contributed by atoms with Crippen LogP contribution in [0, 0.1) is 16.4 Å². The minimum absolute atomic E-state index is 0.121. The van der Waals surface area contributed by atoms with E-state index in [2.05, 4.69) is 10.3 Å². The number of carbonyl (C=O) groups is 1. The standard InChI is InChI=1S/C16H11F2N3O2S/c1-21-15(23)10-4-2-8(6-13(10)20-16(21)24)14(22)19-9-3-5-11(17)12(18)7-9/h2-7H,1H3,(H,19,22)(H,20,24). The Kier molecular flexibility index (Phi) is 3.98. The molecule has 3 aromatic rings. The predicted octanol–water partition coefficient (Wildman–Crippen LogP) is 3.13. The van der Waals surface area contributed by atoms with Gasteiger partial charge in [0.1, 0.15) is 0 Å². The fraction of sp³-hybridized carbons (Fsp3) is 0.0625. The van der Waals surface area contributed by atoms with E-state index >= 15 is 0 Å². The van der Waals surface area contributed by atoms with E-state index in [1.54, 1.807) is 7.05 Å². The summed E-state index contributed by atoms with van der Waals surface area (Å²) in [6, 6.07) is 7.51. The molecule has 8 heteroatoms. The zero-order valence-electron chi connectivity index (χ0n) is 12.4. The van der Waals surface area contributed by atoms with Gasteiger partial charge in [-0.3, -0.25) is 14.2 Å². The first-order valence-electron chi connectivity index (χ1n) is 6.86. The Bertz CT molecular complexity index is 1090. The van der Waals surface area contributed by atoms with Gasteiger partial charge in [-0.05, 0) is 42.5 Å². The number of aromatic nitrogens is 2. The van der Waals surface area contributed by atoms with Crippen molar-refractivity contribution >= 4 is 34.7 Å². The molecule has 0 bridgehead atoms. The second kappa shape index (κ2) is 5.97. The molecule has 5 nitrogen and oxygen atoms in total. The van der Waals surface area contributed by atoms with Crippen LogP contribution in [-0.2, 0) is 7.05 Å². The number of nitrogens with zero attached hydrogens (tertiary/aromatic N) is 1. The number of amides is 1. The highest BCUT2D eigenvalue weighted by Gasteiger charge is 2.11. The lowest BCUT2D eigenvalue weighted by atomic mass is 10.1. The van der Waals surface area contributed by atoms with Crippen molar-refractivity contribution in [2.75, 3.05) is 5.32 Å². The van der Waals surface area contributed by atoms with Gasteiger partial charge in [0.25, 0.3) is 11.5 Å². The topological polar surface area (TPSA) is 66.9 Å². The summed E-state index contributed by atoms with van der Waals surface area (Å²) in [4.78, 5) is 27.2. The molecule has 0 radical (unpaired) electrons. The third-order valence-corrected chi connectivity index (χ3v) is 3.92. The number of fused-ring (bicyclic) bond motifs is 1. The average Bonchev–Trinajstić information content (AvgIpc) is 2.55. The molecule has 0 aliphatic rings. The summed E-state index contributed by atoms with van der Waals surface area (Å²) < 4.78 is 27.6. The molecule has 0 aliphatic carbocycles. The van der Waals surface area contributed by atoms with Gasteiger partial charge in [0.05, 0.1) is 10.9 Å². The lowest BCUT2D eigenvalue weighted by molar-refractivity contribution is 0.102. The Morgan fingerprint density at radius 3 is 2.62 bits per heavy atom. The highest BCUT2D eigenvalue weighted by atomic mass is 32.1. The van der Waals surface area contributed by atoms with Crippen LogP contribution in [0.2, 0.25) is 0 Å². The summed E-state index contributed by atoms with van der Waals surface area (Å²) >= 11 is 5.04. The number of H-pyrrole nitrogens is 1. The molecule has 2 aromatic carbocycles. The quantitative estimate of drug-likeness (QED) is 0.700. The molecule has 0 atom stereocenters. The van der Waals surface area contributed by atoms with Gasteiger partial charge in [-0.25, -0.2) is 8.78 Å². The van der Waals surface area contributed by atoms with Gasteiger partial charge >= 0.3 is 0 Å². The fourth-order valence-electron chi connectivity index (χ4n) is 2.22. The molecule has 2 N–H and O–H groups in total. The summed E-state index contributed by atoms with van der Waals surface area (Å²) in [6.07, 6.45) is 0. The highest BCUT2D eigenvalue weighted by Crippen LogP contribution is 2.16. The Labute approximate surface area is 139 Å². The molecule has 0 saturated heterocycles. The van der Waals surface area contributed by atoms with E-state index in [0.717, 1.165) is 12.1 Å². The summed E-state index contributed by atoms with van der Waals surface area (Å²) in [7, 11) is 1.55. The number of hydrogen-bond acceptors (Lipinski definition) is 3. The zero-order chi connectivity index (χ0) is 17.4. The minimum atomic E-state index is -1.06. The van der Waals surface area contributed by atoms with Crippen molar-refractivity contribution in [3.8, 4) is 0 Å². The van der Waals surface area contributed by atoms with E-state index in [9.17, 15) is 18.4 Å². The van der Waals surface area contributed by atoms with Gasteiger partial charge in [-0.2, -0.15) is 0 Å². The van der Waals surface area contributed by atoms with Gasteiger partial charge in [0.15, 0.2) is 16.4 Å². The lowest BCUT2D eigenvalue weighted by Gasteiger charge is -2.07. The molecule has 1 amide bonds. The first-order valence-corrected chi connectivity index (χ1v) is 7.27. The number of anilines is 1. The van der Waals surface area contributed by atoms with Crippen LogP contribution in [0.5, 0.6) is 0 Å². The van der Waals surface area contributed by atoms with Gasteiger partial charge in [-0.1, -0.05) is 0 Å². The van der Waals surface area contributed by atoms with Crippen LogP contribution in [0.4, 0.5) is 14.5 Å². The maximum Gasteiger partial charge on any atom is 0.261 e. The van der Waals surface area contributed by atoms with E-state index in [-0.39, 0.29) is 21.6 Å². The van der Waals surface area contributed by atoms with Crippen molar-refractivity contribution in [2.24, 2.45) is 7.05 Å². The van der Waals surface area contributed by atoms with Crippen LogP contribution in [0.3, 0.4) is 0 Å². The van der Waals surface area contributed by atoms with Crippen LogP contribution in [-0.4, -0.2) is 15.5 Å². The number of halogens is 2. The van der Waals surface area contributed by atoms with Gasteiger partial charge in [0, 0.05) is 24.4 Å². The third kappa shape index (κ3) is 2.83. The maximum absolute atomic E-state index is 13.2. The summed E-state index contributed by atoms with van der Waals surface area (Å²) in [5.74, 6) is -2.58. The van der Waals surface area contributed by atoms with Crippen LogP contribution in [0.1, 0.15) is 10.4 Å². The van der Waals surface area contributed by atoms with Crippen molar-refractivity contribution in [3.05, 3.63) is 68.7 Å². The van der Waals surface area contributed by atoms with E-state index in [1.807, 2.05) is 0 Å². The van der Waals surface area contributed by atoms with Crippen LogP contribution in [0.15, 0.2) is 41.2 Å². The molecule has 0 fully saturated rings. The number of aromatic amines is 1. The SMILES string of the molecule is Cn1c(=S)[nH]c2cc(C(=O)Nc3ccc(F)c(F)c3)ccc2c1=O. The molecular weight excluding hydrogens is 336 g/mol. The Hall–Kier alpha value is -2.87. The van der Waals surface area contributed by atoms with Crippen molar-refractivity contribution in [2.45, 2.75) is 0 Å². The van der Waals surface area contributed by atoms with E-state index in [1.165, 1.54) is 28.8 Å². The third-order valence-electron chi connectivity index (χ3n) is 3.54. The van der Waals surface area contributed by atoms with Gasteiger partial charge in [0.2, 0.25) is 0 Å². The summed E-state index contributed by atoms with van der Waals surface area (Å²) in [6.45, 7) is 0. The fourth-order valence-corrected chi connectivity index (χ4v) is 2.42. The largest absolute Gasteiger partial charge is 0.332 e. The molecule has 1 heterocycles. The maximum atomic E-state index is 13.2. The number of rotatable bonds is 2. The van der Waals surface area contributed by atoms with E-state index in [4.69, 9.17) is 12.2 Å². The lowest BCUT2D eigenvalue weighted by Crippen LogP contribution is -2.19. The molecule has 0 spiro atoms. The molecule has 122 valence electrons. The monoisotopic (exact) mass is 347 g/mol. The second-order valence-electron chi connectivity index (χ2n) is 5.14. The second-order valence-corrected chi connectivity index (χ2v) is 5.52. The summed E-state index contributed by atoms with van der Waals surface area (Å²) in [5.41, 5.74) is 0.504. The Morgan fingerprint density at radius 2 is 1.92 bits per heavy atom. The molecule has 0 unspecified atom stereocenters. The van der Waals surface area contributed by atoms with Crippen LogP contribution in [0.25, 0.3) is 10.9 Å². The Morgan fingerprint density at radius 1 is 1.17 bits per heavy atom. The van der Waals surface area contributed by atoms with Gasteiger partial charge < -0.3 is 10.3 Å². The average molecular weight is 347 g/mol. The zero-order valence-corrected chi connectivity index (χ0v) is 13.2. The molecule has 3 rings (SSSR count). The van der Waals surface area contributed by atoms with E-state index in [0.29, 0.717) is 10.9 Å². The molecular formula is C16H11F2N3O2S. The minimum Gasteiger partial charge on any atom is -0.332 e. The van der Waals surface area contributed by atoms with E-state index < -0.39 is 17.5 Å². The normalized spacial score (nSPS) is 10.8. The predicted molar refractivity (Wildman–Crippen MR) is 88.7 cm³/mol. The number of benzene rings is 2. The molecule has 24 heavy (non-hydrogen) atoms. The van der Waals surface area contributed by atoms with Crippen LogP contribution >= 0.6 is 12.2 Å². The first kappa shape index (κ1) is 16.0. The van der Waals surface area contributed by atoms with Crippen molar-refractivity contribution in [3.63, 3.8) is 0 Å². The van der Waals surface area contributed by atoms with Crippen molar-refractivity contribution in [1.29, 1.82) is 0 Å². The Balaban J connectivity index is 1.98. The van der Waals surface area contributed by atoms with Gasteiger partial charge in [-0.15, -0.1) is 0 Å². The van der Waals surface area contributed by atoms with Crippen molar-refractivity contribution in [1.82, 2.24) is 9.55 Å². The van der Waals surface area contributed by atoms with Crippen LogP contribution < -0.4 is 10.9 Å². The first-order chi connectivity index (χ1) is 11.4. The van der Waals surface area contributed by atoms with Crippen molar-refractivity contribution < 1.29 is 13.6 Å². The number of hydrogen-bond donors (Lipinski definition) is 2. The highest BCUT2D eigenvalue weighted by molar-refractivity contribution is 7.71. The molecule has 0 saturated carbocycles. The molecule has 0 aliphatic heterocycles. The number of nitrogens with one attached hydrogen (secondary N) is 2. The summed E-state index contributed by atoms with van der Waals surface area (Å²) in [5, 5.41) is 2.85. The molecule has 1 aromatic heterocycles.